The number of rotatable bonds is 9. The number of benzene rings is 2. The van der Waals surface area contributed by atoms with Gasteiger partial charge in [0.15, 0.2) is 0 Å². The minimum Gasteiger partial charge on any atom is -0.472 e. The van der Waals surface area contributed by atoms with Crippen molar-refractivity contribution in [2.24, 2.45) is 5.92 Å². The summed E-state index contributed by atoms with van der Waals surface area (Å²) in [6, 6.07) is 23.1. The molecule has 2 aromatic carbocycles. The number of fused-ring (bicyclic) bond motifs is 1. The molecule has 0 bridgehead atoms. The quantitative estimate of drug-likeness (QED) is 0.302. The molecule has 1 amide bonds. The van der Waals surface area contributed by atoms with Gasteiger partial charge in [-0.1, -0.05) is 37.3 Å². The van der Waals surface area contributed by atoms with Gasteiger partial charge in [0.05, 0.1) is 12.6 Å². The van der Waals surface area contributed by atoms with Gasteiger partial charge in [-0.2, -0.15) is 0 Å². The molecule has 1 aliphatic rings. The van der Waals surface area contributed by atoms with E-state index in [0.29, 0.717) is 24.5 Å². The van der Waals surface area contributed by atoms with Gasteiger partial charge in [0.25, 0.3) is 5.91 Å². The Bertz CT molecular complexity index is 1430. The van der Waals surface area contributed by atoms with Crippen molar-refractivity contribution in [1.29, 1.82) is 0 Å². The first-order valence-corrected chi connectivity index (χ1v) is 13.9. The van der Waals surface area contributed by atoms with Gasteiger partial charge in [0, 0.05) is 49.7 Å². The van der Waals surface area contributed by atoms with Gasteiger partial charge in [-0.25, -0.2) is 4.98 Å². The average Bonchev–Trinajstić information content (AvgIpc) is 3.00. The maximum atomic E-state index is 13.7. The van der Waals surface area contributed by atoms with Crippen LogP contribution in [0.15, 0.2) is 91.4 Å². The number of amides is 1. The first-order valence-electron chi connectivity index (χ1n) is 13.9. The maximum absolute atomic E-state index is 13.7. The molecule has 0 aliphatic carbocycles. The lowest BCUT2D eigenvalue weighted by atomic mass is 9.99. The second kappa shape index (κ2) is 12.9. The topological polar surface area (TPSA) is 88.0 Å². The molecule has 0 unspecified atom stereocenters. The second-order valence-electron chi connectivity index (χ2n) is 10.7. The third kappa shape index (κ3) is 6.90. The van der Waals surface area contributed by atoms with E-state index in [9.17, 15) is 9.90 Å². The van der Waals surface area contributed by atoms with Gasteiger partial charge in [-0.15, -0.1) is 0 Å². The molecular formula is C33H36N4O4. The monoisotopic (exact) mass is 552 g/mol. The fourth-order valence-electron chi connectivity index (χ4n) is 4.99. The molecule has 1 N–H and O–H groups in total. The molecule has 0 radical (unpaired) electrons. The van der Waals surface area contributed by atoms with Crippen LogP contribution in [0.5, 0.6) is 17.4 Å². The van der Waals surface area contributed by atoms with Crippen LogP contribution in [0.4, 0.5) is 0 Å². The number of aliphatic hydroxyl groups is 1. The highest BCUT2D eigenvalue weighted by molar-refractivity contribution is 5.98. The molecule has 41 heavy (non-hydrogen) atoms. The van der Waals surface area contributed by atoms with Gasteiger partial charge in [0.1, 0.15) is 23.2 Å². The minimum atomic E-state index is -0.338. The van der Waals surface area contributed by atoms with Crippen LogP contribution in [0.25, 0.3) is 11.1 Å². The van der Waals surface area contributed by atoms with Crippen molar-refractivity contribution >= 4 is 5.91 Å². The summed E-state index contributed by atoms with van der Waals surface area (Å²) in [5.41, 5.74) is 3.27. The van der Waals surface area contributed by atoms with E-state index in [1.807, 2.05) is 67.6 Å². The number of aromatic nitrogens is 2. The van der Waals surface area contributed by atoms with Crippen molar-refractivity contribution in [2.75, 3.05) is 26.7 Å². The van der Waals surface area contributed by atoms with Gasteiger partial charge < -0.3 is 19.5 Å². The SMILES string of the molecule is C[C@@H]1CN([C@@H](C)CO)C(=O)c2cc(-c3ccncc3)cnc2O[C@H]1CN(C)Cc1ccc(Oc2ccccc2)cc1. The van der Waals surface area contributed by atoms with Crippen LogP contribution in [-0.2, 0) is 6.54 Å². The standard InChI is InChI=1S/C33H36N4O4/c1-23-19-37(24(2)22-38)33(39)30-17-27(26-13-15-34-16-14-26)18-35-32(30)41-31(23)21-36(3)20-25-9-11-29(12-10-25)40-28-7-5-4-6-8-28/h4-18,23-24,31,38H,19-22H2,1-3H3/t23-,24+,31+/m1/s1. The maximum Gasteiger partial charge on any atom is 0.259 e. The average molecular weight is 553 g/mol. The van der Waals surface area contributed by atoms with Crippen molar-refractivity contribution in [3.63, 3.8) is 0 Å². The summed E-state index contributed by atoms with van der Waals surface area (Å²) in [7, 11) is 2.06. The predicted octanol–water partition coefficient (Wildman–Crippen LogP) is 5.29. The number of carbonyl (C=O) groups is 1. The summed E-state index contributed by atoms with van der Waals surface area (Å²) < 4.78 is 12.4. The smallest absolute Gasteiger partial charge is 0.259 e. The Hall–Kier alpha value is -4.27. The first kappa shape index (κ1) is 28.3. The minimum absolute atomic E-state index is 0.00636. The molecule has 0 saturated heterocycles. The number of pyridine rings is 2. The molecular weight excluding hydrogens is 516 g/mol. The van der Waals surface area contributed by atoms with Crippen molar-refractivity contribution in [3.05, 3.63) is 103 Å². The van der Waals surface area contributed by atoms with Gasteiger partial charge >= 0.3 is 0 Å². The third-order valence-electron chi connectivity index (χ3n) is 7.38. The number of hydrogen-bond donors (Lipinski definition) is 1. The Balaban J connectivity index is 1.33. The largest absolute Gasteiger partial charge is 0.472 e. The summed E-state index contributed by atoms with van der Waals surface area (Å²) in [5.74, 6) is 1.72. The Morgan fingerprint density at radius 2 is 1.76 bits per heavy atom. The normalized spacial score (nSPS) is 17.8. The fraction of sp³-hybridized carbons (Fsp3) is 0.303. The van der Waals surface area contributed by atoms with Crippen LogP contribution in [0.1, 0.15) is 29.8 Å². The Labute approximate surface area is 241 Å². The number of carbonyl (C=O) groups excluding carboxylic acids is 1. The summed E-state index contributed by atoms with van der Waals surface area (Å²) in [5, 5.41) is 9.95. The summed E-state index contributed by atoms with van der Waals surface area (Å²) in [4.78, 5) is 26.3. The molecule has 212 valence electrons. The highest BCUT2D eigenvalue weighted by Gasteiger charge is 2.34. The number of para-hydroxylation sites is 1. The van der Waals surface area contributed by atoms with E-state index >= 15 is 0 Å². The molecule has 3 heterocycles. The van der Waals surface area contributed by atoms with E-state index in [1.165, 1.54) is 0 Å². The number of likely N-dealkylation sites (N-methyl/N-ethyl adjacent to an activating group) is 1. The molecule has 8 heteroatoms. The third-order valence-corrected chi connectivity index (χ3v) is 7.38. The van der Waals surface area contributed by atoms with Crippen LogP contribution in [0.3, 0.4) is 0 Å². The van der Waals surface area contributed by atoms with Crippen molar-refractivity contribution in [2.45, 2.75) is 32.5 Å². The summed E-state index contributed by atoms with van der Waals surface area (Å²) >= 11 is 0. The van der Waals surface area contributed by atoms with E-state index in [-0.39, 0.29) is 30.6 Å². The lowest BCUT2D eigenvalue weighted by Gasteiger charge is -2.37. The van der Waals surface area contributed by atoms with E-state index < -0.39 is 0 Å². The highest BCUT2D eigenvalue weighted by atomic mass is 16.5. The summed E-state index contributed by atoms with van der Waals surface area (Å²) in [6.45, 7) is 5.62. The zero-order chi connectivity index (χ0) is 28.8. The van der Waals surface area contributed by atoms with Crippen LogP contribution in [0, 0.1) is 5.92 Å². The molecule has 3 atom stereocenters. The predicted molar refractivity (Wildman–Crippen MR) is 158 cm³/mol. The van der Waals surface area contributed by atoms with Gasteiger partial charge in [-0.3, -0.25) is 14.7 Å². The molecule has 0 saturated carbocycles. The lowest BCUT2D eigenvalue weighted by molar-refractivity contribution is 0.0325. The molecule has 2 aromatic heterocycles. The van der Waals surface area contributed by atoms with Crippen molar-refractivity contribution in [1.82, 2.24) is 19.8 Å². The van der Waals surface area contributed by atoms with Crippen LogP contribution >= 0.6 is 0 Å². The number of hydrogen-bond acceptors (Lipinski definition) is 7. The Kier molecular flexibility index (Phi) is 8.91. The zero-order valence-corrected chi connectivity index (χ0v) is 23.7. The number of aliphatic hydroxyl groups excluding tert-OH is 1. The Morgan fingerprint density at radius 3 is 2.46 bits per heavy atom. The molecule has 4 aromatic rings. The van der Waals surface area contributed by atoms with E-state index in [0.717, 1.165) is 34.7 Å². The molecule has 8 nitrogen and oxygen atoms in total. The van der Waals surface area contributed by atoms with Crippen molar-refractivity contribution < 1.29 is 19.4 Å². The number of nitrogens with zero attached hydrogens (tertiary/aromatic N) is 4. The van der Waals surface area contributed by atoms with Crippen LogP contribution in [0.2, 0.25) is 0 Å². The fourth-order valence-corrected chi connectivity index (χ4v) is 4.99. The molecule has 0 fully saturated rings. The van der Waals surface area contributed by atoms with Gasteiger partial charge in [0.2, 0.25) is 5.88 Å². The molecule has 1 aliphatic heterocycles. The van der Waals surface area contributed by atoms with Crippen molar-refractivity contribution in [3.8, 4) is 28.5 Å². The summed E-state index contributed by atoms with van der Waals surface area (Å²) in [6.07, 6.45) is 4.93. The van der Waals surface area contributed by atoms with Gasteiger partial charge in [-0.05, 0) is 67.6 Å². The number of ether oxygens (including phenoxy) is 2. The molecule has 5 rings (SSSR count). The van der Waals surface area contributed by atoms with E-state index in [4.69, 9.17) is 9.47 Å². The zero-order valence-electron chi connectivity index (χ0n) is 23.7. The highest BCUT2D eigenvalue weighted by Crippen LogP contribution is 2.30. The van der Waals surface area contributed by atoms with E-state index in [1.54, 1.807) is 23.5 Å². The first-order chi connectivity index (χ1) is 19.9. The second-order valence-corrected chi connectivity index (χ2v) is 10.7. The van der Waals surface area contributed by atoms with Crippen LogP contribution < -0.4 is 9.47 Å². The van der Waals surface area contributed by atoms with Crippen LogP contribution in [-0.4, -0.2) is 69.7 Å². The Morgan fingerprint density at radius 1 is 1.05 bits per heavy atom. The molecule has 0 spiro atoms. The van der Waals surface area contributed by atoms with E-state index in [2.05, 4.69) is 41.0 Å². The lowest BCUT2D eigenvalue weighted by Crippen LogP contribution is -2.49.